The summed E-state index contributed by atoms with van der Waals surface area (Å²) in [5.41, 5.74) is 10.2. The van der Waals surface area contributed by atoms with Crippen molar-refractivity contribution in [2.45, 2.75) is 25.6 Å². The number of nitrogens with two attached hydrogens (primary N) is 1. The van der Waals surface area contributed by atoms with E-state index in [0.29, 0.717) is 58.4 Å². The SMILES string of the molecule is Cc1c(-c2cc3cc(Nc4cc5n(n4)CC(=O)NCC5)ncc3c(N)n2)cnc2c1NS(=O)(=O)C2. The van der Waals surface area contributed by atoms with Gasteiger partial charge in [-0.3, -0.25) is 19.2 Å². The fourth-order valence-corrected chi connectivity index (χ4v) is 5.65. The van der Waals surface area contributed by atoms with Crippen LogP contribution >= 0.6 is 0 Å². The van der Waals surface area contributed by atoms with E-state index in [1.807, 2.05) is 25.1 Å². The summed E-state index contributed by atoms with van der Waals surface area (Å²) < 4.78 is 28.2. The van der Waals surface area contributed by atoms with E-state index in [-0.39, 0.29) is 18.2 Å². The van der Waals surface area contributed by atoms with Gasteiger partial charge in [0.25, 0.3) is 0 Å². The maximum Gasteiger partial charge on any atom is 0.241 e. The summed E-state index contributed by atoms with van der Waals surface area (Å²) in [6.07, 6.45) is 3.96. The van der Waals surface area contributed by atoms with Crippen LogP contribution in [0.4, 0.5) is 23.1 Å². The number of hydrogen-bond donors (Lipinski definition) is 4. The van der Waals surface area contributed by atoms with Gasteiger partial charge in [-0.05, 0) is 30.0 Å². The zero-order valence-corrected chi connectivity index (χ0v) is 19.5. The first kappa shape index (κ1) is 21.3. The van der Waals surface area contributed by atoms with Crippen molar-refractivity contribution in [1.29, 1.82) is 0 Å². The van der Waals surface area contributed by atoms with Crippen molar-refractivity contribution in [3.63, 3.8) is 0 Å². The van der Waals surface area contributed by atoms with Crippen molar-refractivity contribution in [1.82, 2.24) is 30.0 Å². The van der Waals surface area contributed by atoms with Crippen LogP contribution in [-0.2, 0) is 33.5 Å². The first-order valence-electron chi connectivity index (χ1n) is 10.9. The standard InChI is InChI=1S/C22H21N9O3S/c1-11-14(7-25-17-10-35(33,34)30-21(11)17)16-4-12-5-18(26-8-15(12)22(23)27-16)28-19-6-13-2-3-24-20(32)9-31(13)29-19/h4-8,30H,2-3,9-10H2,1H3,(H2,23,27)(H,24,32)(H,26,28,29). The molecule has 0 saturated heterocycles. The van der Waals surface area contributed by atoms with E-state index in [4.69, 9.17) is 5.73 Å². The molecule has 12 nitrogen and oxygen atoms in total. The van der Waals surface area contributed by atoms with Crippen LogP contribution in [0.1, 0.15) is 17.0 Å². The third kappa shape index (κ3) is 3.79. The van der Waals surface area contributed by atoms with Crippen molar-refractivity contribution >= 4 is 49.8 Å². The number of pyridine rings is 3. The molecule has 2 aliphatic rings. The maximum atomic E-state index is 12.0. The van der Waals surface area contributed by atoms with Gasteiger partial charge in [0.05, 0.1) is 17.1 Å². The molecule has 0 spiro atoms. The van der Waals surface area contributed by atoms with Crippen LogP contribution in [-0.4, -0.2) is 45.6 Å². The highest BCUT2D eigenvalue weighted by atomic mass is 32.2. The summed E-state index contributed by atoms with van der Waals surface area (Å²) in [7, 11) is -3.42. The van der Waals surface area contributed by atoms with Crippen LogP contribution in [0.2, 0.25) is 0 Å². The zero-order chi connectivity index (χ0) is 24.3. The molecular formula is C22H21N9O3S. The van der Waals surface area contributed by atoms with Crippen LogP contribution in [0.25, 0.3) is 22.0 Å². The van der Waals surface area contributed by atoms with Gasteiger partial charge in [0.2, 0.25) is 15.9 Å². The third-order valence-electron chi connectivity index (χ3n) is 6.14. The summed E-state index contributed by atoms with van der Waals surface area (Å²) in [5.74, 6) is 1.25. The topological polar surface area (TPSA) is 170 Å². The molecule has 0 aliphatic carbocycles. The Morgan fingerprint density at radius 2 is 2.00 bits per heavy atom. The molecule has 0 aromatic carbocycles. The molecule has 6 heterocycles. The molecule has 13 heteroatoms. The summed E-state index contributed by atoms with van der Waals surface area (Å²) in [6.45, 7) is 2.58. The van der Waals surface area contributed by atoms with Crippen molar-refractivity contribution in [3.8, 4) is 11.3 Å². The van der Waals surface area contributed by atoms with Gasteiger partial charge >= 0.3 is 0 Å². The van der Waals surface area contributed by atoms with E-state index in [9.17, 15) is 13.2 Å². The average molecular weight is 492 g/mol. The Morgan fingerprint density at radius 1 is 1.14 bits per heavy atom. The number of carbonyl (C=O) groups is 1. The monoisotopic (exact) mass is 491 g/mol. The molecule has 0 bridgehead atoms. The number of nitrogens with one attached hydrogen (secondary N) is 3. The number of nitrogens with zero attached hydrogens (tertiary/aromatic N) is 5. The first-order valence-corrected chi connectivity index (χ1v) is 12.6. The second-order valence-electron chi connectivity index (χ2n) is 8.57. The molecule has 35 heavy (non-hydrogen) atoms. The molecule has 0 unspecified atom stereocenters. The molecular weight excluding hydrogens is 470 g/mol. The zero-order valence-electron chi connectivity index (χ0n) is 18.7. The number of aromatic nitrogens is 5. The van der Waals surface area contributed by atoms with Gasteiger partial charge in [-0.15, -0.1) is 0 Å². The van der Waals surface area contributed by atoms with E-state index < -0.39 is 10.0 Å². The van der Waals surface area contributed by atoms with E-state index in [0.717, 1.165) is 16.6 Å². The Labute approximate surface area is 200 Å². The van der Waals surface area contributed by atoms with Crippen LogP contribution < -0.4 is 21.1 Å². The van der Waals surface area contributed by atoms with Crippen LogP contribution in [0.5, 0.6) is 0 Å². The smallest absolute Gasteiger partial charge is 0.241 e. The molecule has 0 saturated carbocycles. The number of carbonyl (C=O) groups excluding carboxylic acids is 1. The van der Waals surface area contributed by atoms with Gasteiger partial charge in [0, 0.05) is 48.1 Å². The second-order valence-corrected chi connectivity index (χ2v) is 10.3. The minimum atomic E-state index is -3.42. The third-order valence-corrected chi connectivity index (χ3v) is 7.31. The summed E-state index contributed by atoms with van der Waals surface area (Å²) in [5, 5.41) is 12.0. The molecule has 5 N–H and O–H groups in total. The number of rotatable bonds is 3. The van der Waals surface area contributed by atoms with Gasteiger partial charge in [0.15, 0.2) is 5.82 Å². The fraction of sp³-hybridized carbons (Fsp3) is 0.227. The Balaban J connectivity index is 1.36. The number of hydrogen-bond acceptors (Lipinski definition) is 9. The maximum absolute atomic E-state index is 12.0. The van der Waals surface area contributed by atoms with Gasteiger partial charge in [0.1, 0.15) is 23.9 Å². The molecule has 0 fully saturated rings. The van der Waals surface area contributed by atoms with Crippen LogP contribution in [0.3, 0.4) is 0 Å². The molecule has 0 atom stereocenters. The molecule has 4 aromatic heterocycles. The summed E-state index contributed by atoms with van der Waals surface area (Å²) in [6, 6.07) is 5.61. The Kier molecular flexibility index (Phi) is 4.64. The van der Waals surface area contributed by atoms with Crippen LogP contribution in [0, 0.1) is 6.92 Å². The number of amides is 1. The normalized spacial score (nSPS) is 16.2. The number of anilines is 4. The van der Waals surface area contributed by atoms with Gasteiger partial charge in [-0.25, -0.2) is 18.4 Å². The quantitative estimate of drug-likeness (QED) is 0.331. The number of sulfonamides is 1. The predicted molar refractivity (Wildman–Crippen MR) is 130 cm³/mol. The highest BCUT2D eigenvalue weighted by Crippen LogP contribution is 2.36. The first-order chi connectivity index (χ1) is 16.8. The van der Waals surface area contributed by atoms with E-state index in [1.165, 1.54) is 0 Å². The molecule has 1 amide bonds. The molecule has 4 aromatic rings. The molecule has 6 rings (SSSR count). The predicted octanol–water partition coefficient (Wildman–Crippen LogP) is 1.45. The van der Waals surface area contributed by atoms with E-state index in [2.05, 4.69) is 35.4 Å². The van der Waals surface area contributed by atoms with Crippen molar-refractivity contribution < 1.29 is 13.2 Å². The van der Waals surface area contributed by atoms with Gasteiger partial charge < -0.3 is 16.4 Å². The minimum absolute atomic E-state index is 0.0677. The average Bonchev–Trinajstić information content (AvgIpc) is 3.26. The van der Waals surface area contributed by atoms with Crippen molar-refractivity contribution in [2.75, 3.05) is 22.3 Å². The minimum Gasteiger partial charge on any atom is -0.383 e. The molecule has 2 aliphatic heterocycles. The largest absolute Gasteiger partial charge is 0.383 e. The summed E-state index contributed by atoms with van der Waals surface area (Å²) in [4.78, 5) is 25.1. The lowest BCUT2D eigenvalue weighted by Crippen LogP contribution is -2.25. The highest BCUT2D eigenvalue weighted by Gasteiger charge is 2.28. The lowest BCUT2D eigenvalue weighted by molar-refractivity contribution is -0.121. The Morgan fingerprint density at radius 3 is 2.86 bits per heavy atom. The number of fused-ring (bicyclic) bond motifs is 3. The number of nitrogen functional groups attached to an aromatic ring is 1. The second kappa shape index (κ2) is 7.63. The van der Waals surface area contributed by atoms with Gasteiger partial charge in [-0.2, -0.15) is 5.10 Å². The lowest BCUT2D eigenvalue weighted by atomic mass is 10.0. The lowest BCUT2D eigenvalue weighted by Gasteiger charge is -2.12. The van der Waals surface area contributed by atoms with Crippen LogP contribution in [0.15, 0.2) is 30.6 Å². The fourth-order valence-electron chi connectivity index (χ4n) is 4.42. The molecule has 178 valence electrons. The van der Waals surface area contributed by atoms with E-state index in [1.54, 1.807) is 17.1 Å². The Hall–Kier alpha value is -4.26. The summed E-state index contributed by atoms with van der Waals surface area (Å²) >= 11 is 0. The van der Waals surface area contributed by atoms with Crippen molar-refractivity contribution in [3.05, 3.63) is 47.5 Å². The van der Waals surface area contributed by atoms with E-state index >= 15 is 0 Å². The molecule has 0 radical (unpaired) electrons. The highest BCUT2D eigenvalue weighted by molar-refractivity contribution is 7.92. The Bertz CT molecular complexity index is 1650. The van der Waals surface area contributed by atoms with Crippen molar-refractivity contribution in [2.24, 2.45) is 0 Å². The van der Waals surface area contributed by atoms with Gasteiger partial charge in [-0.1, -0.05) is 0 Å².